The van der Waals surface area contributed by atoms with Gasteiger partial charge in [-0.15, -0.1) is 0 Å². The maximum atomic E-state index is 5.88. The normalized spacial score (nSPS) is 24.3. The van der Waals surface area contributed by atoms with Gasteiger partial charge >= 0.3 is 0 Å². The van der Waals surface area contributed by atoms with Gasteiger partial charge in [0.15, 0.2) is 0 Å². The zero-order valence-electron chi connectivity index (χ0n) is 9.09. The summed E-state index contributed by atoms with van der Waals surface area (Å²) in [6.07, 6.45) is 1.05. The van der Waals surface area contributed by atoms with Crippen LogP contribution in [0.15, 0.2) is 28.7 Å². The first-order valence-electron chi connectivity index (χ1n) is 5.21. The summed E-state index contributed by atoms with van der Waals surface area (Å²) in [6.45, 7) is 5.14. The van der Waals surface area contributed by atoms with Crippen molar-refractivity contribution in [2.75, 3.05) is 6.54 Å². The molecule has 82 valence electrons. The Bertz CT molecular complexity index is 351. The van der Waals surface area contributed by atoms with Crippen LogP contribution in [0.25, 0.3) is 0 Å². The Labute approximate surface area is 99.1 Å². The van der Waals surface area contributed by atoms with Gasteiger partial charge in [0.1, 0.15) is 6.23 Å². The van der Waals surface area contributed by atoms with Crippen LogP contribution in [0, 0.1) is 0 Å². The summed E-state index contributed by atoms with van der Waals surface area (Å²) in [7, 11) is 0. The molecule has 1 saturated heterocycles. The summed E-state index contributed by atoms with van der Waals surface area (Å²) < 4.78 is 7.03. The van der Waals surface area contributed by atoms with Crippen molar-refractivity contribution in [3.8, 4) is 0 Å². The lowest BCUT2D eigenvalue weighted by atomic mass is 10.1. The molecule has 1 N–H and O–H groups in total. The molecule has 1 aromatic rings. The average Bonchev–Trinajstić information content (AvgIpc) is 2.50. The fraction of sp³-hybridized carbons (Fsp3) is 0.500. The second-order valence-corrected chi connectivity index (χ2v) is 5.40. The highest BCUT2D eigenvalue weighted by molar-refractivity contribution is 9.10. The van der Waals surface area contributed by atoms with Gasteiger partial charge in [-0.25, -0.2) is 0 Å². The first-order valence-corrected chi connectivity index (χ1v) is 6.01. The van der Waals surface area contributed by atoms with Gasteiger partial charge in [-0.3, -0.25) is 5.32 Å². The Balaban J connectivity index is 2.02. The molecule has 3 heteroatoms. The van der Waals surface area contributed by atoms with Crippen LogP contribution in [-0.2, 0) is 11.2 Å². The second kappa shape index (κ2) is 4.24. The summed E-state index contributed by atoms with van der Waals surface area (Å²) in [5.74, 6) is 0. The zero-order valence-corrected chi connectivity index (χ0v) is 10.7. The Hall–Kier alpha value is -0.380. The molecular weight excluding hydrogens is 254 g/mol. The van der Waals surface area contributed by atoms with E-state index in [0.717, 1.165) is 17.4 Å². The van der Waals surface area contributed by atoms with Gasteiger partial charge in [0.2, 0.25) is 0 Å². The van der Waals surface area contributed by atoms with Crippen LogP contribution < -0.4 is 5.32 Å². The predicted molar refractivity (Wildman–Crippen MR) is 64.8 cm³/mol. The molecule has 2 rings (SSSR count). The third-order valence-corrected chi connectivity index (χ3v) is 3.35. The Kier molecular flexibility index (Phi) is 3.14. The smallest absolute Gasteiger partial charge is 0.113 e. The molecule has 15 heavy (non-hydrogen) atoms. The van der Waals surface area contributed by atoms with E-state index in [2.05, 4.69) is 53.3 Å². The minimum Gasteiger partial charge on any atom is -0.356 e. The number of benzene rings is 1. The van der Waals surface area contributed by atoms with E-state index in [1.807, 2.05) is 6.07 Å². The van der Waals surface area contributed by atoms with Crippen LogP contribution in [0.4, 0.5) is 0 Å². The van der Waals surface area contributed by atoms with Crippen LogP contribution >= 0.6 is 15.9 Å². The number of hydrogen-bond acceptors (Lipinski definition) is 2. The minimum absolute atomic E-state index is 0.0358. The van der Waals surface area contributed by atoms with Crippen LogP contribution in [0.3, 0.4) is 0 Å². The first kappa shape index (κ1) is 11.1. The predicted octanol–water partition coefficient (Wildman–Crippen LogP) is 2.72. The summed E-state index contributed by atoms with van der Waals surface area (Å²) in [6, 6.07) is 8.27. The van der Waals surface area contributed by atoms with Crippen molar-refractivity contribution in [3.63, 3.8) is 0 Å². The molecule has 0 amide bonds. The highest BCUT2D eigenvalue weighted by Gasteiger charge is 2.31. The SMILES string of the molecule is CC1(C)CNC(Cc2ccccc2Br)O1. The van der Waals surface area contributed by atoms with Crippen LogP contribution in [0.1, 0.15) is 19.4 Å². The molecule has 0 saturated carbocycles. The van der Waals surface area contributed by atoms with Gasteiger partial charge in [0, 0.05) is 17.4 Å². The van der Waals surface area contributed by atoms with E-state index in [0.29, 0.717) is 0 Å². The van der Waals surface area contributed by atoms with Crippen LogP contribution in [0.5, 0.6) is 0 Å². The molecule has 2 nitrogen and oxygen atoms in total. The molecule has 0 aromatic heterocycles. The van der Waals surface area contributed by atoms with Gasteiger partial charge in [0.25, 0.3) is 0 Å². The van der Waals surface area contributed by atoms with Gasteiger partial charge in [-0.1, -0.05) is 34.1 Å². The number of halogens is 1. The van der Waals surface area contributed by atoms with E-state index in [9.17, 15) is 0 Å². The Morgan fingerprint density at radius 1 is 1.47 bits per heavy atom. The molecule has 1 aromatic carbocycles. The van der Waals surface area contributed by atoms with Crippen molar-refractivity contribution in [1.29, 1.82) is 0 Å². The van der Waals surface area contributed by atoms with Crippen molar-refractivity contribution in [2.45, 2.75) is 32.1 Å². The molecule has 0 bridgehead atoms. The highest BCUT2D eigenvalue weighted by atomic mass is 79.9. The Morgan fingerprint density at radius 2 is 2.20 bits per heavy atom. The molecule has 1 aliphatic rings. The van der Waals surface area contributed by atoms with Crippen molar-refractivity contribution < 1.29 is 4.74 Å². The summed E-state index contributed by atoms with van der Waals surface area (Å²) in [4.78, 5) is 0. The van der Waals surface area contributed by atoms with Crippen molar-refractivity contribution in [2.24, 2.45) is 0 Å². The number of nitrogens with one attached hydrogen (secondary N) is 1. The molecular formula is C12H16BrNO. The van der Waals surface area contributed by atoms with E-state index >= 15 is 0 Å². The molecule has 0 spiro atoms. The third kappa shape index (κ3) is 2.80. The molecule has 1 unspecified atom stereocenters. The fourth-order valence-electron chi connectivity index (χ4n) is 1.81. The first-order chi connectivity index (χ1) is 7.07. The van der Waals surface area contributed by atoms with Gasteiger partial charge in [-0.05, 0) is 25.5 Å². The standard InChI is InChI=1S/C12H16BrNO/c1-12(2)8-14-11(15-12)7-9-5-3-4-6-10(9)13/h3-6,11,14H,7-8H2,1-2H3. The van der Waals surface area contributed by atoms with E-state index < -0.39 is 0 Å². The van der Waals surface area contributed by atoms with E-state index in [4.69, 9.17) is 4.74 Å². The van der Waals surface area contributed by atoms with E-state index in [-0.39, 0.29) is 11.8 Å². The number of rotatable bonds is 2. The van der Waals surface area contributed by atoms with Crippen molar-refractivity contribution in [3.05, 3.63) is 34.3 Å². The average molecular weight is 270 g/mol. The topological polar surface area (TPSA) is 21.3 Å². The van der Waals surface area contributed by atoms with Crippen LogP contribution in [-0.4, -0.2) is 18.4 Å². The molecule has 0 aliphatic carbocycles. The lowest BCUT2D eigenvalue weighted by Gasteiger charge is -2.17. The molecule has 1 heterocycles. The molecule has 1 fully saturated rings. The Morgan fingerprint density at radius 3 is 2.80 bits per heavy atom. The van der Waals surface area contributed by atoms with Gasteiger partial charge < -0.3 is 4.74 Å². The zero-order chi connectivity index (χ0) is 10.9. The highest BCUT2D eigenvalue weighted by Crippen LogP contribution is 2.23. The van der Waals surface area contributed by atoms with E-state index in [1.165, 1.54) is 5.56 Å². The maximum Gasteiger partial charge on any atom is 0.113 e. The lowest BCUT2D eigenvalue weighted by molar-refractivity contribution is -0.0137. The maximum absolute atomic E-state index is 5.88. The van der Waals surface area contributed by atoms with E-state index in [1.54, 1.807) is 0 Å². The van der Waals surface area contributed by atoms with Crippen molar-refractivity contribution in [1.82, 2.24) is 5.32 Å². The summed E-state index contributed by atoms with van der Waals surface area (Å²) in [5.41, 5.74) is 1.25. The van der Waals surface area contributed by atoms with Gasteiger partial charge in [0.05, 0.1) is 5.60 Å². The molecule has 1 atom stereocenters. The summed E-state index contributed by atoms with van der Waals surface area (Å²) in [5, 5.41) is 3.38. The minimum atomic E-state index is -0.0358. The third-order valence-electron chi connectivity index (χ3n) is 2.58. The largest absolute Gasteiger partial charge is 0.356 e. The molecule has 1 aliphatic heterocycles. The summed E-state index contributed by atoms with van der Waals surface area (Å²) >= 11 is 3.55. The fourth-order valence-corrected chi connectivity index (χ4v) is 2.25. The second-order valence-electron chi connectivity index (χ2n) is 4.54. The number of ether oxygens (including phenoxy) is 1. The number of hydrogen-bond donors (Lipinski definition) is 1. The molecule has 0 radical (unpaired) electrons. The lowest BCUT2D eigenvalue weighted by Crippen LogP contribution is -2.25. The van der Waals surface area contributed by atoms with Gasteiger partial charge in [-0.2, -0.15) is 0 Å². The van der Waals surface area contributed by atoms with Crippen molar-refractivity contribution >= 4 is 15.9 Å². The monoisotopic (exact) mass is 269 g/mol. The van der Waals surface area contributed by atoms with Crippen LogP contribution in [0.2, 0.25) is 0 Å². The quantitative estimate of drug-likeness (QED) is 0.892.